The molecule has 0 saturated carbocycles. The Morgan fingerprint density at radius 3 is 2.94 bits per heavy atom. The molecule has 1 atom stereocenters. The van der Waals surface area contributed by atoms with E-state index in [2.05, 4.69) is 18.5 Å². The van der Waals surface area contributed by atoms with Gasteiger partial charge in [0, 0.05) is 0 Å². The molecule has 35 heavy (non-hydrogen) atoms. The number of carbonyl (C=O) groups is 1. The van der Waals surface area contributed by atoms with Crippen LogP contribution in [0.1, 0.15) is 28.4 Å². The van der Waals surface area contributed by atoms with E-state index in [1.807, 2.05) is 30.3 Å². The number of amides is 1. The Hall–Kier alpha value is -3.11. The second-order valence-corrected chi connectivity index (χ2v) is 10.5. The molecular weight excluding hydrogens is 560 g/mol. The van der Waals surface area contributed by atoms with Crippen LogP contribution in [0.2, 0.25) is 0 Å². The van der Waals surface area contributed by atoms with Crippen LogP contribution in [0.3, 0.4) is 0 Å². The van der Waals surface area contributed by atoms with Crippen molar-refractivity contribution in [2.45, 2.75) is 19.2 Å². The van der Waals surface area contributed by atoms with Gasteiger partial charge in [-0.3, -0.25) is 0 Å². The number of alkyl halides is 1. The summed E-state index contributed by atoms with van der Waals surface area (Å²) in [7, 11) is 1.63. The molecule has 0 aliphatic carbocycles. The molecule has 0 saturated heterocycles. The third-order valence-electron chi connectivity index (χ3n) is 5.92. The van der Waals surface area contributed by atoms with Crippen molar-refractivity contribution in [3.63, 3.8) is 0 Å². The molecule has 2 aliphatic heterocycles. The van der Waals surface area contributed by atoms with Gasteiger partial charge in [0.2, 0.25) is 0 Å². The SMILES string of the molecule is COc1ccccc1-c1cnc2c(n1)=CC(CNC(=O)c1ccc3c(c1)[C@](C)(F)COC3)=C[I-]C=2. The van der Waals surface area contributed by atoms with E-state index in [0.717, 1.165) is 38.8 Å². The molecule has 0 fully saturated rings. The number of benzene rings is 2. The Kier molecular flexibility index (Phi) is 6.66. The van der Waals surface area contributed by atoms with Crippen LogP contribution in [0.25, 0.3) is 21.4 Å². The van der Waals surface area contributed by atoms with E-state index in [-0.39, 0.29) is 33.7 Å². The van der Waals surface area contributed by atoms with Gasteiger partial charge in [-0.15, -0.1) is 0 Å². The number of carbonyl (C=O) groups excluding carboxylic acids is 1. The van der Waals surface area contributed by atoms with Crippen LogP contribution in [-0.4, -0.2) is 36.1 Å². The predicted molar refractivity (Wildman–Crippen MR) is 127 cm³/mol. The van der Waals surface area contributed by atoms with Crippen molar-refractivity contribution in [2.24, 2.45) is 0 Å². The van der Waals surface area contributed by atoms with Crippen molar-refractivity contribution in [3.05, 3.63) is 85.7 Å². The number of para-hydroxylation sites is 1. The van der Waals surface area contributed by atoms with E-state index >= 15 is 0 Å². The van der Waals surface area contributed by atoms with Crippen molar-refractivity contribution in [3.8, 4) is 17.0 Å². The van der Waals surface area contributed by atoms with Gasteiger partial charge in [0.15, 0.2) is 0 Å². The van der Waals surface area contributed by atoms with Gasteiger partial charge in [-0.25, -0.2) is 0 Å². The molecule has 2 aliphatic rings. The van der Waals surface area contributed by atoms with Gasteiger partial charge in [0.1, 0.15) is 0 Å². The monoisotopic (exact) mass is 584 g/mol. The van der Waals surface area contributed by atoms with Gasteiger partial charge in [-0.05, 0) is 0 Å². The Bertz CT molecular complexity index is 1450. The van der Waals surface area contributed by atoms with Crippen LogP contribution in [-0.2, 0) is 17.0 Å². The molecule has 1 amide bonds. The zero-order valence-electron chi connectivity index (χ0n) is 19.3. The van der Waals surface area contributed by atoms with Crippen LogP contribution >= 0.6 is 0 Å². The molecule has 5 rings (SSSR count). The summed E-state index contributed by atoms with van der Waals surface area (Å²) in [6.45, 7) is 2.18. The van der Waals surface area contributed by atoms with Crippen LogP contribution in [0.15, 0.2) is 58.3 Å². The third-order valence-corrected chi connectivity index (χ3v) is 8.03. The van der Waals surface area contributed by atoms with E-state index in [4.69, 9.17) is 14.5 Å². The first-order valence-electron chi connectivity index (χ1n) is 11.1. The maximum atomic E-state index is 14.9. The molecule has 0 spiro atoms. The summed E-state index contributed by atoms with van der Waals surface area (Å²) in [5.41, 5.74) is 2.68. The van der Waals surface area contributed by atoms with Crippen molar-refractivity contribution in [2.75, 3.05) is 20.3 Å². The second kappa shape index (κ2) is 9.87. The van der Waals surface area contributed by atoms with E-state index in [1.165, 1.54) is 6.92 Å². The third kappa shape index (κ3) is 4.99. The molecular formula is C27H24FIN3O3-. The Balaban J connectivity index is 1.37. The minimum atomic E-state index is -1.61. The summed E-state index contributed by atoms with van der Waals surface area (Å²) < 4.78 is 29.9. The van der Waals surface area contributed by atoms with Crippen LogP contribution in [0.4, 0.5) is 4.39 Å². The molecule has 3 heterocycles. The van der Waals surface area contributed by atoms with Gasteiger partial charge in [-0.2, -0.15) is 0 Å². The van der Waals surface area contributed by atoms with Gasteiger partial charge in [-0.1, -0.05) is 0 Å². The second-order valence-electron chi connectivity index (χ2n) is 8.53. The topological polar surface area (TPSA) is 73.3 Å². The number of nitrogens with zero attached hydrogens (tertiary/aromatic N) is 2. The quantitative estimate of drug-likeness (QED) is 0.421. The molecule has 180 valence electrons. The molecule has 1 aromatic heterocycles. The van der Waals surface area contributed by atoms with E-state index in [0.29, 0.717) is 24.3 Å². The Labute approximate surface area is 212 Å². The van der Waals surface area contributed by atoms with E-state index in [1.54, 1.807) is 31.5 Å². The first kappa shape index (κ1) is 23.6. The summed E-state index contributed by atoms with van der Waals surface area (Å²) in [5, 5.41) is 4.57. The van der Waals surface area contributed by atoms with Crippen LogP contribution in [0, 0.1) is 0 Å². The Morgan fingerprint density at radius 1 is 1.23 bits per heavy atom. The van der Waals surface area contributed by atoms with E-state index < -0.39 is 5.67 Å². The molecule has 0 unspecified atom stereocenters. The number of methoxy groups -OCH3 is 1. The fourth-order valence-electron chi connectivity index (χ4n) is 4.10. The van der Waals surface area contributed by atoms with Crippen molar-refractivity contribution >= 4 is 16.1 Å². The van der Waals surface area contributed by atoms with Gasteiger partial charge >= 0.3 is 213 Å². The summed E-state index contributed by atoms with van der Waals surface area (Å²) in [6, 6.07) is 12.8. The average molecular weight is 584 g/mol. The number of nitrogens with one attached hydrogen (secondary N) is 1. The molecule has 6 nitrogen and oxygen atoms in total. The predicted octanol–water partition coefficient (Wildman–Crippen LogP) is -0.198. The van der Waals surface area contributed by atoms with Crippen molar-refractivity contribution in [1.82, 2.24) is 15.3 Å². The summed E-state index contributed by atoms with van der Waals surface area (Å²) in [5.74, 6) is 0.487. The summed E-state index contributed by atoms with van der Waals surface area (Å²) in [4.78, 5) is 22.3. The number of aromatic nitrogens is 2. The number of hydrogen-bond donors (Lipinski definition) is 1. The standard InChI is InChI=1S/C27H24FIN3O3/c1-27(28)16-35-15-19-8-7-18(10-21(19)27)26(33)31-13-17-9-22-23(12-29-11-17)30-14-24(32-22)20-5-3-4-6-25(20)34-2/h3-12,14H,13,15-16H2,1-2H3,(H,31,33)/q-1/t27-/m1/s1. The fourth-order valence-corrected chi connectivity index (χ4v) is 5.96. The number of hydrogen-bond acceptors (Lipinski definition) is 5. The molecule has 3 aromatic rings. The van der Waals surface area contributed by atoms with E-state index in [9.17, 15) is 9.18 Å². The molecule has 8 heteroatoms. The summed E-state index contributed by atoms with van der Waals surface area (Å²) in [6.07, 6.45) is 3.73. The van der Waals surface area contributed by atoms with Crippen LogP contribution < -0.4 is 42.0 Å². The summed E-state index contributed by atoms with van der Waals surface area (Å²) >= 11 is -0.385. The van der Waals surface area contributed by atoms with Crippen molar-refractivity contribution in [1.29, 1.82) is 0 Å². The van der Waals surface area contributed by atoms with Gasteiger partial charge in [0.25, 0.3) is 0 Å². The number of rotatable bonds is 5. The zero-order chi connectivity index (χ0) is 24.4. The molecule has 1 N–H and O–H groups in total. The maximum absolute atomic E-state index is 14.9. The number of fused-ring (bicyclic) bond motifs is 2. The van der Waals surface area contributed by atoms with Crippen molar-refractivity contribution < 1.29 is 39.9 Å². The van der Waals surface area contributed by atoms with Gasteiger partial charge in [0.05, 0.1) is 0 Å². The number of halogens is 2. The molecule has 0 bridgehead atoms. The zero-order valence-corrected chi connectivity index (χ0v) is 21.5. The first-order valence-corrected chi connectivity index (χ1v) is 13.6. The van der Waals surface area contributed by atoms with Crippen LogP contribution in [0.5, 0.6) is 5.75 Å². The Morgan fingerprint density at radius 2 is 2.09 bits per heavy atom. The molecule has 0 radical (unpaired) electrons. The van der Waals surface area contributed by atoms with Gasteiger partial charge < -0.3 is 0 Å². The minimum absolute atomic E-state index is 0.00955. The fraction of sp³-hybridized carbons (Fsp3) is 0.222. The number of ether oxygens (including phenoxy) is 2. The average Bonchev–Trinajstić information content (AvgIpc) is 3.08. The molecule has 2 aromatic carbocycles. The normalized spacial score (nSPS) is 18.9. The first-order chi connectivity index (χ1) is 16.9.